The molecule has 20 heavy (non-hydrogen) atoms. The number of anilines is 1. The fourth-order valence-electron chi connectivity index (χ4n) is 2.68. The molecular formula is C16H18N2OS. The number of carbonyl (C=O) groups is 1. The molecule has 3 rings (SSSR count). The highest BCUT2D eigenvalue weighted by molar-refractivity contribution is 7.12. The third kappa shape index (κ3) is 2.56. The molecule has 1 aromatic heterocycles. The van der Waals surface area contributed by atoms with Crippen LogP contribution in [0.1, 0.15) is 37.7 Å². The fourth-order valence-corrected chi connectivity index (χ4v) is 3.88. The highest BCUT2D eigenvalue weighted by atomic mass is 32.1. The van der Waals surface area contributed by atoms with Crippen LogP contribution < -0.4 is 11.1 Å². The van der Waals surface area contributed by atoms with Crippen molar-refractivity contribution in [3.05, 3.63) is 50.7 Å². The van der Waals surface area contributed by atoms with E-state index >= 15 is 0 Å². The van der Waals surface area contributed by atoms with Gasteiger partial charge in [-0.05, 0) is 61.6 Å². The Hall–Kier alpha value is -1.81. The van der Waals surface area contributed by atoms with Gasteiger partial charge in [-0.1, -0.05) is 0 Å². The number of fused-ring (bicyclic) bond motifs is 1. The lowest BCUT2D eigenvalue weighted by molar-refractivity contribution is 0.0950. The van der Waals surface area contributed by atoms with E-state index < -0.39 is 0 Å². The number of benzene rings is 1. The fraction of sp³-hybridized carbons (Fsp3) is 0.312. The van der Waals surface area contributed by atoms with Crippen molar-refractivity contribution in [2.75, 3.05) is 5.73 Å². The van der Waals surface area contributed by atoms with Crippen LogP contribution in [-0.2, 0) is 19.4 Å². The quantitative estimate of drug-likeness (QED) is 0.852. The number of hydrogen-bond acceptors (Lipinski definition) is 3. The summed E-state index contributed by atoms with van der Waals surface area (Å²) in [6.45, 7) is 2.52. The lowest BCUT2D eigenvalue weighted by atomic mass is 10.1. The number of nitrogen functional groups attached to an aromatic ring is 1. The van der Waals surface area contributed by atoms with Gasteiger partial charge in [-0.2, -0.15) is 0 Å². The van der Waals surface area contributed by atoms with Gasteiger partial charge in [-0.15, -0.1) is 11.3 Å². The van der Waals surface area contributed by atoms with E-state index in [9.17, 15) is 4.79 Å². The van der Waals surface area contributed by atoms with Crippen molar-refractivity contribution in [2.24, 2.45) is 0 Å². The van der Waals surface area contributed by atoms with Crippen molar-refractivity contribution in [1.82, 2.24) is 5.32 Å². The Morgan fingerprint density at radius 3 is 2.95 bits per heavy atom. The summed E-state index contributed by atoms with van der Waals surface area (Å²) in [4.78, 5) is 14.9. The second-order valence-corrected chi connectivity index (χ2v) is 6.49. The normalized spacial score (nSPS) is 13.2. The summed E-state index contributed by atoms with van der Waals surface area (Å²) in [5.41, 5.74) is 9.48. The number of amides is 1. The summed E-state index contributed by atoms with van der Waals surface area (Å²) in [5, 5.41) is 2.99. The van der Waals surface area contributed by atoms with Crippen LogP contribution in [0.2, 0.25) is 0 Å². The summed E-state index contributed by atoms with van der Waals surface area (Å²) < 4.78 is 0. The van der Waals surface area contributed by atoms with Gasteiger partial charge in [0.15, 0.2) is 0 Å². The number of carbonyl (C=O) groups excluding carboxylic acids is 1. The average molecular weight is 286 g/mol. The molecule has 1 aliphatic carbocycles. The van der Waals surface area contributed by atoms with Crippen molar-refractivity contribution in [3.8, 4) is 0 Å². The zero-order valence-electron chi connectivity index (χ0n) is 11.5. The van der Waals surface area contributed by atoms with E-state index in [1.807, 2.05) is 24.3 Å². The van der Waals surface area contributed by atoms with Gasteiger partial charge >= 0.3 is 0 Å². The third-order valence-electron chi connectivity index (χ3n) is 3.72. The summed E-state index contributed by atoms with van der Waals surface area (Å²) in [6.07, 6.45) is 3.67. The number of hydrogen-bond donors (Lipinski definition) is 2. The van der Waals surface area contributed by atoms with Crippen molar-refractivity contribution in [3.63, 3.8) is 0 Å². The molecule has 3 nitrogen and oxygen atoms in total. The standard InChI is InChI=1S/C16H18N2OS/c1-10-7-12(17)5-6-14(10)16(19)18-9-13-8-11-3-2-4-15(11)20-13/h5-8H,2-4,9,17H2,1H3,(H,18,19). The van der Waals surface area contributed by atoms with Gasteiger partial charge in [-0.25, -0.2) is 0 Å². The molecule has 1 aromatic carbocycles. The topological polar surface area (TPSA) is 55.1 Å². The molecular weight excluding hydrogens is 268 g/mol. The zero-order chi connectivity index (χ0) is 14.1. The van der Waals surface area contributed by atoms with E-state index in [1.54, 1.807) is 12.1 Å². The van der Waals surface area contributed by atoms with Crippen LogP contribution in [0.25, 0.3) is 0 Å². The number of thiophene rings is 1. The molecule has 2 aromatic rings. The molecule has 0 aliphatic heterocycles. The third-order valence-corrected chi connectivity index (χ3v) is 4.95. The first-order valence-corrected chi connectivity index (χ1v) is 7.70. The van der Waals surface area contributed by atoms with Crippen LogP contribution >= 0.6 is 11.3 Å². The Kier molecular flexibility index (Phi) is 3.49. The average Bonchev–Trinajstić information content (AvgIpc) is 2.96. The molecule has 0 unspecified atom stereocenters. The van der Waals surface area contributed by atoms with Crippen molar-refractivity contribution in [2.45, 2.75) is 32.7 Å². The van der Waals surface area contributed by atoms with Gasteiger partial charge < -0.3 is 11.1 Å². The van der Waals surface area contributed by atoms with Crippen LogP contribution in [0.3, 0.4) is 0 Å². The van der Waals surface area contributed by atoms with E-state index in [0.29, 0.717) is 17.8 Å². The lowest BCUT2D eigenvalue weighted by Gasteiger charge is -2.07. The molecule has 1 aliphatic rings. The van der Waals surface area contributed by atoms with Crippen LogP contribution in [0.4, 0.5) is 5.69 Å². The molecule has 0 bridgehead atoms. The molecule has 104 valence electrons. The second-order valence-electron chi connectivity index (χ2n) is 5.27. The van der Waals surface area contributed by atoms with Crippen molar-refractivity contribution < 1.29 is 4.79 Å². The SMILES string of the molecule is Cc1cc(N)ccc1C(=O)NCc1cc2c(s1)CCC2. The Morgan fingerprint density at radius 1 is 1.35 bits per heavy atom. The summed E-state index contributed by atoms with van der Waals surface area (Å²) >= 11 is 1.83. The van der Waals surface area contributed by atoms with Crippen LogP contribution in [0.15, 0.2) is 24.3 Å². The maximum absolute atomic E-state index is 12.2. The van der Waals surface area contributed by atoms with Gasteiger partial charge in [0.25, 0.3) is 5.91 Å². The van der Waals surface area contributed by atoms with E-state index in [4.69, 9.17) is 5.73 Å². The maximum Gasteiger partial charge on any atom is 0.251 e. The lowest BCUT2D eigenvalue weighted by Crippen LogP contribution is -2.23. The minimum Gasteiger partial charge on any atom is -0.399 e. The molecule has 0 atom stereocenters. The highest BCUT2D eigenvalue weighted by Crippen LogP contribution is 2.30. The molecule has 0 saturated heterocycles. The Bertz CT molecular complexity index is 639. The van der Waals surface area contributed by atoms with E-state index in [-0.39, 0.29) is 5.91 Å². The van der Waals surface area contributed by atoms with E-state index in [1.165, 1.54) is 34.6 Å². The Balaban J connectivity index is 1.66. The predicted octanol–water partition coefficient (Wildman–Crippen LogP) is 3.06. The Morgan fingerprint density at radius 2 is 2.20 bits per heavy atom. The number of rotatable bonds is 3. The number of nitrogens with one attached hydrogen (secondary N) is 1. The smallest absolute Gasteiger partial charge is 0.251 e. The van der Waals surface area contributed by atoms with Crippen LogP contribution in [-0.4, -0.2) is 5.91 Å². The van der Waals surface area contributed by atoms with Crippen LogP contribution in [0, 0.1) is 6.92 Å². The Labute approximate surface area is 122 Å². The molecule has 0 spiro atoms. The maximum atomic E-state index is 12.2. The van der Waals surface area contributed by atoms with E-state index in [0.717, 1.165) is 5.56 Å². The molecule has 0 fully saturated rings. The monoisotopic (exact) mass is 286 g/mol. The highest BCUT2D eigenvalue weighted by Gasteiger charge is 2.15. The van der Waals surface area contributed by atoms with Gasteiger partial charge in [0.05, 0.1) is 6.54 Å². The molecule has 0 radical (unpaired) electrons. The zero-order valence-corrected chi connectivity index (χ0v) is 12.3. The first kappa shape index (κ1) is 13.2. The molecule has 3 N–H and O–H groups in total. The van der Waals surface area contributed by atoms with Crippen molar-refractivity contribution >= 4 is 22.9 Å². The number of nitrogens with two attached hydrogens (primary N) is 1. The van der Waals surface area contributed by atoms with Crippen molar-refractivity contribution in [1.29, 1.82) is 0 Å². The molecule has 4 heteroatoms. The second kappa shape index (κ2) is 5.29. The largest absolute Gasteiger partial charge is 0.399 e. The van der Waals surface area contributed by atoms with Crippen LogP contribution in [0.5, 0.6) is 0 Å². The molecule has 0 saturated carbocycles. The molecule has 1 heterocycles. The summed E-state index contributed by atoms with van der Waals surface area (Å²) in [7, 11) is 0. The first-order chi connectivity index (χ1) is 9.63. The predicted molar refractivity (Wildman–Crippen MR) is 83.1 cm³/mol. The number of aryl methyl sites for hydroxylation is 3. The summed E-state index contributed by atoms with van der Waals surface area (Å²) in [5.74, 6) is -0.0314. The molecule has 1 amide bonds. The van der Waals surface area contributed by atoms with Gasteiger partial charge in [0.2, 0.25) is 0 Å². The minimum atomic E-state index is -0.0314. The van der Waals surface area contributed by atoms with Gasteiger partial charge in [0, 0.05) is 21.0 Å². The van der Waals surface area contributed by atoms with Gasteiger partial charge in [0.1, 0.15) is 0 Å². The minimum absolute atomic E-state index is 0.0314. The first-order valence-electron chi connectivity index (χ1n) is 6.88. The summed E-state index contributed by atoms with van der Waals surface area (Å²) in [6, 6.07) is 7.62. The van der Waals surface area contributed by atoms with Gasteiger partial charge in [-0.3, -0.25) is 4.79 Å². The van der Waals surface area contributed by atoms with E-state index in [2.05, 4.69) is 11.4 Å².